The number of carbonyl (C=O) groups is 2. The minimum atomic E-state index is -0.180. The maximum atomic E-state index is 12.9. The highest BCUT2D eigenvalue weighted by Crippen LogP contribution is 2.35. The van der Waals surface area contributed by atoms with Gasteiger partial charge in [-0.25, -0.2) is 9.97 Å². The van der Waals surface area contributed by atoms with Crippen molar-refractivity contribution >= 4 is 17.6 Å². The van der Waals surface area contributed by atoms with E-state index in [0.717, 1.165) is 29.7 Å². The van der Waals surface area contributed by atoms with Crippen molar-refractivity contribution < 1.29 is 14.3 Å². The van der Waals surface area contributed by atoms with Gasteiger partial charge in [0.25, 0.3) is 0 Å². The molecule has 1 aromatic heterocycles. The molecule has 1 unspecified atom stereocenters. The van der Waals surface area contributed by atoms with E-state index >= 15 is 0 Å². The predicted molar refractivity (Wildman–Crippen MR) is 122 cm³/mol. The van der Waals surface area contributed by atoms with Gasteiger partial charge in [0.1, 0.15) is 12.4 Å². The number of hydrogen-bond donors (Lipinski definition) is 0. The number of aryl methyl sites for hydroxylation is 2. The van der Waals surface area contributed by atoms with Gasteiger partial charge < -0.3 is 9.64 Å². The van der Waals surface area contributed by atoms with Crippen LogP contribution in [0.4, 0.5) is 5.82 Å². The second-order valence-corrected chi connectivity index (χ2v) is 9.04. The Hall–Kier alpha value is -2.80. The van der Waals surface area contributed by atoms with E-state index in [9.17, 15) is 9.59 Å². The highest BCUT2D eigenvalue weighted by Gasteiger charge is 2.35. The zero-order valence-electron chi connectivity index (χ0n) is 19.4. The number of fused-ring (bicyclic) bond motifs is 1. The zero-order chi connectivity index (χ0) is 22.8. The van der Waals surface area contributed by atoms with E-state index in [1.807, 2.05) is 25.7 Å². The third-order valence-electron chi connectivity index (χ3n) is 6.23. The number of anilines is 1. The van der Waals surface area contributed by atoms with E-state index in [2.05, 4.69) is 31.2 Å². The number of likely N-dealkylation sites (tertiary alicyclic amines) is 1. The first-order valence-corrected chi connectivity index (χ1v) is 11.5. The smallest absolute Gasteiger partial charge is 0.249 e. The molecule has 2 aliphatic rings. The van der Waals surface area contributed by atoms with Gasteiger partial charge in [-0.1, -0.05) is 29.8 Å². The molecule has 170 valence electrons. The van der Waals surface area contributed by atoms with Crippen LogP contribution in [0.15, 0.2) is 24.3 Å². The number of ether oxygens (including phenoxy) is 1. The van der Waals surface area contributed by atoms with E-state index in [1.54, 1.807) is 4.90 Å². The molecule has 0 N–H and O–H groups in total. The van der Waals surface area contributed by atoms with Gasteiger partial charge in [-0.2, -0.15) is 0 Å². The van der Waals surface area contributed by atoms with Crippen molar-refractivity contribution in [1.82, 2.24) is 14.9 Å². The van der Waals surface area contributed by atoms with Crippen molar-refractivity contribution in [3.8, 4) is 0 Å². The van der Waals surface area contributed by atoms with Crippen LogP contribution in [-0.2, 0) is 27.3 Å². The van der Waals surface area contributed by atoms with Crippen LogP contribution in [0, 0.1) is 13.8 Å². The molecule has 1 atom stereocenters. The second-order valence-electron chi connectivity index (χ2n) is 9.04. The first-order valence-electron chi connectivity index (χ1n) is 11.5. The number of rotatable bonds is 6. The predicted octanol–water partition coefficient (Wildman–Crippen LogP) is 3.66. The number of hydrogen-bond acceptors (Lipinski definition) is 5. The summed E-state index contributed by atoms with van der Waals surface area (Å²) >= 11 is 0. The van der Waals surface area contributed by atoms with Gasteiger partial charge in [-0.05, 0) is 52.5 Å². The molecule has 4 rings (SSSR count). The standard InChI is InChI=1S/C25H32N4O3/c1-16(2)32-15-23(31)28-13-5-6-21(28)24-26-18(4)20-11-12-22(30)29(25(20)27-24)14-19-9-7-17(3)8-10-19/h7-10,16,21H,5-6,11-15H2,1-4H3. The van der Waals surface area contributed by atoms with Crippen LogP contribution in [0.5, 0.6) is 0 Å². The minimum absolute atomic E-state index is 0.00332. The van der Waals surface area contributed by atoms with Gasteiger partial charge >= 0.3 is 0 Å². The fraction of sp³-hybridized carbons (Fsp3) is 0.520. The van der Waals surface area contributed by atoms with Crippen LogP contribution in [0.2, 0.25) is 0 Å². The van der Waals surface area contributed by atoms with Crippen LogP contribution >= 0.6 is 0 Å². The second kappa shape index (κ2) is 9.36. The highest BCUT2D eigenvalue weighted by atomic mass is 16.5. The van der Waals surface area contributed by atoms with E-state index in [-0.39, 0.29) is 30.6 Å². The molecule has 1 aromatic carbocycles. The summed E-state index contributed by atoms with van der Waals surface area (Å²) in [6, 6.07) is 8.04. The van der Waals surface area contributed by atoms with Gasteiger partial charge in [0.15, 0.2) is 5.82 Å². The maximum Gasteiger partial charge on any atom is 0.249 e. The van der Waals surface area contributed by atoms with Crippen molar-refractivity contribution in [2.24, 2.45) is 0 Å². The summed E-state index contributed by atoms with van der Waals surface area (Å²) in [5.74, 6) is 1.36. The molecule has 2 aliphatic heterocycles. The molecule has 2 aromatic rings. The Kier molecular flexibility index (Phi) is 6.55. The first-order chi connectivity index (χ1) is 15.3. The largest absolute Gasteiger partial charge is 0.369 e. The summed E-state index contributed by atoms with van der Waals surface area (Å²) in [6.07, 6.45) is 2.84. The summed E-state index contributed by atoms with van der Waals surface area (Å²) in [7, 11) is 0. The van der Waals surface area contributed by atoms with E-state index in [0.29, 0.717) is 37.6 Å². The summed E-state index contributed by atoms with van der Waals surface area (Å²) in [4.78, 5) is 38.9. The Morgan fingerprint density at radius 1 is 1.16 bits per heavy atom. The van der Waals surface area contributed by atoms with Gasteiger partial charge in [0.05, 0.1) is 18.7 Å². The van der Waals surface area contributed by atoms with Crippen LogP contribution in [0.3, 0.4) is 0 Å². The average Bonchev–Trinajstić information content (AvgIpc) is 3.25. The van der Waals surface area contributed by atoms with Gasteiger partial charge in [-0.3, -0.25) is 14.5 Å². The van der Waals surface area contributed by atoms with Gasteiger partial charge in [-0.15, -0.1) is 0 Å². The lowest BCUT2D eigenvalue weighted by Gasteiger charge is -2.31. The third-order valence-corrected chi connectivity index (χ3v) is 6.23. The summed E-state index contributed by atoms with van der Waals surface area (Å²) in [5, 5.41) is 0. The normalized spacial score (nSPS) is 18.4. The lowest BCUT2D eigenvalue weighted by molar-refractivity contribution is -0.138. The number of aromatic nitrogens is 2. The number of nitrogens with zero attached hydrogens (tertiary/aromatic N) is 4. The van der Waals surface area contributed by atoms with E-state index in [4.69, 9.17) is 14.7 Å². The molecule has 0 aliphatic carbocycles. The van der Waals surface area contributed by atoms with E-state index in [1.165, 1.54) is 5.56 Å². The first kappa shape index (κ1) is 22.4. The molecule has 2 amide bonds. The fourth-order valence-corrected chi connectivity index (χ4v) is 4.45. The molecule has 7 heteroatoms. The molecule has 0 saturated carbocycles. The van der Waals surface area contributed by atoms with Crippen LogP contribution in [-0.4, -0.2) is 45.9 Å². The fourth-order valence-electron chi connectivity index (χ4n) is 4.45. The molecule has 3 heterocycles. The van der Waals surface area contributed by atoms with E-state index < -0.39 is 0 Å². The summed E-state index contributed by atoms with van der Waals surface area (Å²) in [6.45, 7) is 9.10. The van der Waals surface area contributed by atoms with Gasteiger partial charge in [0.2, 0.25) is 11.8 Å². The monoisotopic (exact) mass is 436 g/mol. The maximum absolute atomic E-state index is 12.9. The van der Waals surface area contributed by atoms with Crippen LogP contribution in [0.25, 0.3) is 0 Å². The lowest BCUT2D eigenvalue weighted by atomic mass is 10.0. The summed E-state index contributed by atoms with van der Waals surface area (Å²) < 4.78 is 5.54. The number of benzene rings is 1. The van der Waals surface area contributed by atoms with Crippen molar-refractivity contribution in [2.45, 2.75) is 72.1 Å². The van der Waals surface area contributed by atoms with Crippen molar-refractivity contribution in [1.29, 1.82) is 0 Å². The quantitative estimate of drug-likeness (QED) is 0.691. The molecule has 1 saturated heterocycles. The lowest BCUT2D eigenvalue weighted by Crippen LogP contribution is -2.38. The molecule has 0 radical (unpaired) electrons. The topological polar surface area (TPSA) is 75.6 Å². The van der Waals surface area contributed by atoms with Crippen molar-refractivity contribution in [2.75, 3.05) is 18.1 Å². The number of carbonyl (C=O) groups excluding carboxylic acids is 2. The number of amides is 2. The zero-order valence-corrected chi connectivity index (χ0v) is 19.4. The Morgan fingerprint density at radius 2 is 1.91 bits per heavy atom. The Bertz CT molecular complexity index is 1000. The molecule has 1 fully saturated rings. The average molecular weight is 437 g/mol. The SMILES string of the molecule is Cc1ccc(CN2C(=O)CCc3c(C)nc(C4CCCN4C(=O)COC(C)C)nc32)cc1. The summed E-state index contributed by atoms with van der Waals surface area (Å²) in [5.41, 5.74) is 4.17. The molecule has 0 spiro atoms. The highest BCUT2D eigenvalue weighted by molar-refractivity contribution is 5.95. The third kappa shape index (κ3) is 4.67. The van der Waals surface area contributed by atoms with Crippen LogP contribution in [0.1, 0.15) is 67.4 Å². The Labute approximate surface area is 189 Å². The van der Waals surface area contributed by atoms with Crippen LogP contribution < -0.4 is 4.90 Å². The molecule has 0 bridgehead atoms. The molecular formula is C25H32N4O3. The van der Waals surface area contributed by atoms with Gasteiger partial charge in [0, 0.05) is 24.2 Å². The molecule has 7 nitrogen and oxygen atoms in total. The van der Waals surface area contributed by atoms with Crippen molar-refractivity contribution in [3.05, 3.63) is 52.5 Å². The minimum Gasteiger partial charge on any atom is -0.369 e. The molecular weight excluding hydrogens is 404 g/mol. The molecule has 32 heavy (non-hydrogen) atoms. The Morgan fingerprint density at radius 3 is 2.62 bits per heavy atom. The van der Waals surface area contributed by atoms with Crippen molar-refractivity contribution in [3.63, 3.8) is 0 Å². The Balaban J connectivity index is 1.64.